The van der Waals surface area contributed by atoms with E-state index in [1.165, 1.54) is 6.42 Å². The molecule has 0 atom stereocenters. The van der Waals surface area contributed by atoms with E-state index in [2.05, 4.69) is 5.32 Å². The third-order valence-corrected chi connectivity index (χ3v) is 3.45. The Kier molecular flexibility index (Phi) is 4.98. The Morgan fingerprint density at radius 3 is 2.65 bits per heavy atom. The number of carbonyl (C=O) groups is 2. The van der Waals surface area contributed by atoms with Crippen LogP contribution >= 0.6 is 0 Å². The summed E-state index contributed by atoms with van der Waals surface area (Å²) in [5, 5.41) is 11.6. The smallest absolute Gasteiger partial charge is 0.321 e. The molecule has 0 unspecified atom stereocenters. The quantitative estimate of drug-likeness (QED) is 0.888. The van der Waals surface area contributed by atoms with E-state index in [0.29, 0.717) is 6.42 Å². The van der Waals surface area contributed by atoms with Crippen LogP contribution in [0.1, 0.15) is 31.2 Å². The van der Waals surface area contributed by atoms with Crippen molar-refractivity contribution in [3.63, 3.8) is 0 Å². The van der Waals surface area contributed by atoms with Crippen LogP contribution in [0.25, 0.3) is 0 Å². The Morgan fingerprint density at radius 2 is 1.95 bits per heavy atom. The van der Waals surface area contributed by atoms with Gasteiger partial charge in [0.25, 0.3) is 0 Å². The lowest BCUT2D eigenvalue weighted by Crippen LogP contribution is -2.38. The number of rotatable bonds is 4. The lowest BCUT2D eigenvalue weighted by molar-refractivity contribution is -0.136. The minimum absolute atomic E-state index is 0.0694. The van der Waals surface area contributed by atoms with Gasteiger partial charge in [-0.25, -0.2) is 4.79 Å². The number of hydrogen-bond acceptors (Lipinski definition) is 2. The minimum Gasteiger partial charge on any atom is -0.481 e. The second kappa shape index (κ2) is 6.93. The molecule has 1 aromatic rings. The number of carboxylic acid groups (broad SMARTS) is 1. The maximum absolute atomic E-state index is 12.1. The molecule has 0 aromatic heterocycles. The zero-order chi connectivity index (χ0) is 14.4. The zero-order valence-corrected chi connectivity index (χ0v) is 11.5. The summed E-state index contributed by atoms with van der Waals surface area (Å²) in [5.74, 6) is -0.812. The van der Waals surface area contributed by atoms with Crippen molar-refractivity contribution in [1.29, 1.82) is 0 Å². The second-order valence-electron chi connectivity index (χ2n) is 5.07. The fourth-order valence-electron chi connectivity index (χ4n) is 2.36. The molecular weight excluding hydrogens is 256 g/mol. The van der Waals surface area contributed by atoms with Gasteiger partial charge in [-0.15, -0.1) is 0 Å². The van der Waals surface area contributed by atoms with Crippen LogP contribution in [-0.4, -0.2) is 35.1 Å². The maximum Gasteiger partial charge on any atom is 0.321 e. The molecule has 20 heavy (non-hydrogen) atoms. The van der Waals surface area contributed by atoms with Gasteiger partial charge in [-0.05, 0) is 43.4 Å². The van der Waals surface area contributed by atoms with Crippen molar-refractivity contribution in [2.75, 3.05) is 18.4 Å². The van der Waals surface area contributed by atoms with Gasteiger partial charge in [-0.2, -0.15) is 0 Å². The van der Waals surface area contributed by atoms with Crippen molar-refractivity contribution in [1.82, 2.24) is 4.90 Å². The largest absolute Gasteiger partial charge is 0.481 e. The van der Waals surface area contributed by atoms with Crippen LogP contribution in [0.4, 0.5) is 10.5 Å². The van der Waals surface area contributed by atoms with Crippen LogP contribution in [0.5, 0.6) is 0 Å². The van der Waals surface area contributed by atoms with Gasteiger partial charge in [0, 0.05) is 25.2 Å². The van der Waals surface area contributed by atoms with Crippen LogP contribution < -0.4 is 5.32 Å². The van der Waals surface area contributed by atoms with Crippen LogP contribution in [0.15, 0.2) is 24.3 Å². The Hall–Kier alpha value is -2.04. The van der Waals surface area contributed by atoms with Gasteiger partial charge >= 0.3 is 12.0 Å². The molecule has 5 nitrogen and oxygen atoms in total. The highest BCUT2D eigenvalue weighted by Crippen LogP contribution is 2.15. The number of carbonyl (C=O) groups excluding carboxylic acids is 1. The number of likely N-dealkylation sites (tertiary alicyclic amines) is 1. The lowest BCUT2D eigenvalue weighted by Gasteiger charge is -2.26. The Bertz CT molecular complexity index is 482. The normalized spacial score (nSPS) is 14.9. The first-order valence-electron chi connectivity index (χ1n) is 7.02. The highest BCUT2D eigenvalue weighted by molar-refractivity contribution is 5.89. The second-order valence-corrected chi connectivity index (χ2v) is 5.07. The zero-order valence-electron chi connectivity index (χ0n) is 11.5. The summed E-state index contributed by atoms with van der Waals surface area (Å²) < 4.78 is 0. The number of carboxylic acids is 1. The molecule has 0 bridgehead atoms. The van der Waals surface area contributed by atoms with Crippen LogP contribution in [0.3, 0.4) is 0 Å². The fraction of sp³-hybridized carbons (Fsp3) is 0.467. The molecule has 0 saturated carbocycles. The Morgan fingerprint density at radius 1 is 1.20 bits per heavy atom. The molecule has 5 heteroatoms. The van der Waals surface area contributed by atoms with Crippen molar-refractivity contribution >= 4 is 17.7 Å². The van der Waals surface area contributed by atoms with E-state index in [9.17, 15) is 9.59 Å². The number of nitrogens with one attached hydrogen (secondary N) is 1. The molecule has 2 N–H and O–H groups in total. The summed E-state index contributed by atoms with van der Waals surface area (Å²) in [7, 11) is 0. The monoisotopic (exact) mass is 276 g/mol. The van der Waals surface area contributed by atoms with Gasteiger partial charge in [-0.3, -0.25) is 4.79 Å². The molecule has 2 rings (SSSR count). The molecule has 1 heterocycles. The van der Waals surface area contributed by atoms with Gasteiger partial charge in [0.15, 0.2) is 0 Å². The first-order valence-corrected chi connectivity index (χ1v) is 7.02. The number of urea groups is 1. The summed E-state index contributed by atoms with van der Waals surface area (Å²) in [6.07, 6.45) is 3.89. The van der Waals surface area contributed by atoms with Gasteiger partial charge in [0.2, 0.25) is 0 Å². The molecule has 0 aliphatic carbocycles. The number of nitrogens with zero attached hydrogens (tertiary/aromatic N) is 1. The molecule has 2 amide bonds. The van der Waals surface area contributed by atoms with Crippen molar-refractivity contribution in [2.24, 2.45) is 0 Å². The summed E-state index contributed by atoms with van der Waals surface area (Å²) in [5.41, 5.74) is 1.65. The SMILES string of the molecule is O=C(O)CCc1cccc(NC(=O)N2CCCCC2)c1. The molecule has 1 aromatic carbocycles. The van der Waals surface area contributed by atoms with E-state index in [1.807, 2.05) is 29.2 Å². The number of amides is 2. The standard InChI is InChI=1S/C15H20N2O3/c18-14(19)8-7-12-5-4-6-13(11-12)16-15(20)17-9-2-1-3-10-17/h4-6,11H,1-3,7-10H2,(H,16,20)(H,18,19). The van der Waals surface area contributed by atoms with Crippen molar-refractivity contribution in [2.45, 2.75) is 32.1 Å². The van der Waals surface area contributed by atoms with E-state index < -0.39 is 5.97 Å². The number of aryl methyl sites for hydroxylation is 1. The van der Waals surface area contributed by atoms with E-state index in [-0.39, 0.29) is 12.5 Å². The van der Waals surface area contributed by atoms with Gasteiger partial charge in [0.05, 0.1) is 0 Å². The Balaban J connectivity index is 1.93. The fourth-order valence-corrected chi connectivity index (χ4v) is 2.36. The third kappa shape index (κ3) is 4.26. The predicted molar refractivity (Wildman–Crippen MR) is 76.8 cm³/mol. The minimum atomic E-state index is -0.812. The lowest BCUT2D eigenvalue weighted by atomic mass is 10.1. The number of hydrogen-bond donors (Lipinski definition) is 2. The highest BCUT2D eigenvalue weighted by Gasteiger charge is 2.16. The molecule has 1 fully saturated rings. The summed E-state index contributed by atoms with van der Waals surface area (Å²) in [6, 6.07) is 7.31. The first-order chi connectivity index (χ1) is 9.65. The van der Waals surface area contributed by atoms with E-state index in [1.54, 1.807) is 0 Å². The molecular formula is C15H20N2O3. The van der Waals surface area contributed by atoms with Crippen LogP contribution in [0.2, 0.25) is 0 Å². The van der Waals surface area contributed by atoms with Gasteiger partial charge in [0.1, 0.15) is 0 Å². The van der Waals surface area contributed by atoms with Gasteiger partial charge < -0.3 is 15.3 Å². The number of anilines is 1. The van der Waals surface area contributed by atoms with E-state index in [4.69, 9.17) is 5.11 Å². The van der Waals surface area contributed by atoms with Crippen LogP contribution in [-0.2, 0) is 11.2 Å². The van der Waals surface area contributed by atoms with Crippen molar-refractivity contribution < 1.29 is 14.7 Å². The maximum atomic E-state index is 12.1. The average molecular weight is 276 g/mol. The molecule has 108 valence electrons. The van der Waals surface area contributed by atoms with Crippen molar-refractivity contribution in [3.05, 3.63) is 29.8 Å². The summed E-state index contributed by atoms with van der Waals surface area (Å²) in [6.45, 7) is 1.62. The molecule has 1 aliphatic rings. The molecule has 0 spiro atoms. The molecule has 1 saturated heterocycles. The molecule has 0 radical (unpaired) electrons. The summed E-state index contributed by atoms with van der Waals surface area (Å²) in [4.78, 5) is 24.5. The summed E-state index contributed by atoms with van der Waals surface area (Å²) >= 11 is 0. The van der Waals surface area contributed by atoms with Crippen LogP contribution in [0, 0.1) is 0 Å². The molecule has 1 aliphatic heterocycles. The predicted octanol–water partition coefficient (Wildman–Crippen LogP) is 2.72. The number of piperidine rings is 1. The first kappa shape index (κ1) is 14.4. The van der Waals surface area contributed by atoms with Crippen molar-refractivity contribution in [3.8, 4) is 0 Å². The van der Waals surface area contributed by atoms with E-state index in [0.717, 1.165) is 37.2 Å². The number of aliphatic carboxylic acids is 1. The third-order valence-electron chi connectivity index (χ3n) is 3.45. The van der Waals surface area contributed by atoms with E-state index >= 15 is 0 Å². The average Bonchev–Trinajstić information content (AvgIpc) is 2.46. The number of benzene rings is 1. The Labute approximate surface area is 118 Å². The van der Waals surface area contributed by atoms with Gasteiger partial charge in [-0.1, -0.05) is 12.1 Å². The highest BCUT2D eigenvalue weighted by atomic mass is 16.4. The topological polar surface area (TPSA) is 69.6 Å².